The lowest BCUT2D eigenvalue weighted by atomic mass is 9.98. The number of hydrogen-bond acceptors (Lipinski definition) is 7. The first-order valence-electron chi connectivity index (χ1n) is 6.46. The average molecular weight is 326 g/mol. The first-order chi connectivity index (χ1) is 9.75. The molecule has 0 aliphatic rings. The quantitative estimate of drug-likeness (QED) is 0.869. The highest BCUT2D eigenvalue weighted by Crippen LogP contribution is 2.28. The summed E-state index contributed by atoms with van der Waals surface area (Å²) in [7, 11) is 0. The fraction of sp³-hybridized carbons (Fsp3) is 0.538. The molecule has 0 saturated carbocycles. The molecule has 1 N–H and O–H groups in total. The van der Waals surface area contributed by atoms with Crippen molar-refractivity contribution < 1.29 is 9.21 Å². The minimum Gasteiger partial charge on any atom is -0.437 e. The molecule has 0 radical (unpaired) electrons. The van der Waals surface area contributed by atoms with Crippen molar-refractivity contribution >= 4 is 34.1 Å². The Kier molecular flexibility index (Phi) is 4.67. The smallest absolute Gasteiger partial charge is 0.256 e. The number of amides is 1. The molecule has 2 aromatic rings. The number of nitrogens with zero attached hydrogens (tertiary/aromatic N) is 3. The van der Waals surface area contributed by atoms with E-state index < -0.39 is 0 Å². The highest BCUT2D eigenvalue weighted by molar-refractivity contribution is 7.99. The van der Waals surface area contributed by atoms with Crippen LogP contribution in [0.4, 0.5) is 5.13 Å². The molecule has 0 saturated heterocycles. The Bertz CT molecular complexity index is 623. The van der Waals surface area contributed by atoms with Gasteiger partial charge < -0.3 is 4.42 Å². The van der Waals surface area contributed by atoms with E-state index in [1.165, 1.54) is 23.1 Å². The van der Waals surface area contributed by atoms with E-state index in [9.17, 15) is 4.79 Å². The molecule has 2 heterocycles. The molecule has 0 unspecified atom stereocenters. The number of nitrogens with one attached hydrogen (secondary N) is 1. The highest BCUT2D eigenvalue weighted by atomic mass is 32.2. The summed E-state index contributed by atoms with van der Waals surface area (Å²) >= 11 is 2.66. The van der Waals surface area contributed by atoms with Crippen LogP contribution in [0.15, 0.2) is 9.64 Å². The van der Waals surface area contributed by atoms with Crippen LogP contribution in [-0.2, 0) is 10.2 Å². The van der Waals surface area contributed by atoms with Gasteiger partial charge in [0.15, 0.2) is 0 Å². The minimum atomic E-state index is -0.148. The van der Waals surface area contributed by atoms with Gasteiger partial charge in [0.05, 0.1) is 11.4 Å². The zero-order valence-electron chi connectivity index (χ0n) is 12.7. The number of carbonyl (C=O) groups excluding carboxylic acids is 1. The maximum Gasteiger partial charge on any atom is 0.256 e. The van der Waals surface area contributed by atoms with E-state index in [-0.39, 0.29) is 17.1 Å². The Balaban J connectivity index is 1.88. The summed E-state index contributed by atoms with van der Waals surface area (Å²) in [4.78, 5) is 16.1. The number of aryl methyl sites for hydroxylation is 2. The van der Waals surface area contributed by atoms with Crippen molar-refractivity contribution in [3.05, 3.63) is 16.5 Å². The van der Waals surface area contributed by atoms with E-state index in [1.54, 1.807) is 0 Å². The average Bonchev–Trinajstić information content (AvgIpc) is 2.95. The molecule has 2 rings (SSSR count). The van der Waals surface area contributed by atoms with Crippen LogP contribution in [0.1, 0.15) is 37.2 Å². The predicted molar refractivity (Wildman–Crippen MR) is 83.9 cm³/mol. The van der Waals surface area contributed by atoms with Crippen molar-refractivity contribution in [3.63, 3.8) is 0 Å². The fourth-order valence-electron chi connectivity index (χ4n) is 1.36. The van der Waals surface area contributed by atoms with Gasteiger partial charge in [0, 0.05) is 5.41 Å². The van der Waals surface area contributed by atoms with Gasteiger partial charge in [-0.1, -0.05) is 43.9 Å². The Labute approximate surface area is 131 Å². The van der Waals surface area contributed by atoms with Crippen LogP contribution in [0.2, 0.25) is 0 Å². The third kappa shape index (κ3) is 4.28. The lowest BCUT2D eigenvalue weighted by Crippen LogP contribution is -2.13. The first-order valence-corrected chi connectivity index (χ1v) is 8.26. The number of oxazole rings is 1. The second kappa shape index (κ2) is 6.15. The lowest BCUT2D eigenvalue weighted by Gasteiger charge is -2.12. The number of hydrogen-bond donors (Lipinski definition) is 1. The lowest BCUT2D eigenvalue weighted by molar-refractivity contribution is -0.113. The van der Waals surface area contributed by atoms with Crippen LogP contribution < -0.4 is 5.32 Å². The van der Waals surface area contributed by atoms with E-state index in [0.29, 0.717) is 10.4 Å². The van der Waals surface area contributed by atoms with E-state index in [1.807, 2.05) is 13.8 Å². The second-order valence-corrected chi connectivity index (χ2v) is 7.52. The Morgan fingerprint density at radius 3 is 2.57 bits per heavy atom. The van der Waals surface area contributed by atoms with E-state index in [4.69, 9.17) is 4.42 Å². The van der Waals surface area contributed by atoms with Gasteiger partial charge in [-0.3, -0.25) is 10.1 Å². The minimum absolute atomic E-state index is 0.0669. The summed E-state index contributed by atoms with van der Waals surface area (Å²) < 4.78 is 5.41. The fourth-order valence-corrected chi connectivity index (χ4v) is 2.89. The van der Waals surface area contributed by atoms with Gasteiger partial charge in [-0.25, -0.2) is 4.98 Å². The normalized spacial score (nSPS) is 11.7. The molecule has 0 atom stereocenters. The number of rotatable bonds is 4. The Morgan fingerprint density at radius 2 is 2.05 bits per heavy atom. The molecular formula is C13H18N4O2S2. The van der Waals surface area contributed by atoms with Crippen LogP contribution >= 0.6 is 23.1 Å². The summed E-state index contributed by atoms with van der Waals surface area (Å²) in [5, 5.41) is 12.7. The molecule has 6 nitrogen and oxygen atoms in total. The molecule has 2 aromatic heterocycles. The van der Waals surface area contributed by atoms with Gasteiger partial charge in [-0.15, -0.1) is 10.2 Å². The van der Waals surface area contributed by atoms with Gasteiger partial charge in [0.25, 0.3) is 5.22 Å². The standard InChI is InChI=1S/C13H18N4O2S2/c1-7-8(2)19-12(14-7)20-6-9(18)15-11-17-16-10(21-11)13(3,4)5/h6H2,1-5H3,(H,15,17,18). The highest BCUT2D eigenvalue weighted by Gasteiger charge is 2.20. The number of aromatic nitrogens is 3. The maximum absolute atomic E-state index is 11.9. The molecule has 0 aliphatic heterocycles. The van der Waals surface area contributed by atoms with Gasteiger partial charge in [0.2, 0.25) is 11.0 Å². The van der Waals surface area contributed by atoms with Crippen molar-refractivity contribution in [2.45, 2.75) is 45.3 Å². The molecule has 8 heteroatoms. The van der Waals surface area contributed by atoms with Gasteiger partial charge in [-0.2, -0.15) is 0 Å². The molecule has 0 bridgehead atoms. The van der Waals surface area contributed by atoms with Crippen molar-refractivity contribution in [2.24, 2.45) is 0 Å². The molecule has 0 spiro atoms. The van der Waals surface area contributed by atoms with E-state index in [2.05, 4.69) is 41.3 Å². The zero-order chi connectivity index (χ0) is 15.6. The first kappa shape index (κ1) is 16.0. The number of anilines is 1. The zero-order valence-corrected chi connectivity index (χ0v) is 14.3. The summed E-state index contributed by atoms with van der Waals surface area (Å²) in [5.74, 6) is 0.853. The van der Waals surface area contributed by atoms with E-state index in [0.717, 1.165) is 16.5 Å². The summed E-state index contributed by atoms with van der Waals surface area (Å²) in [6, 6.07) is 0. The largest absolute Gasteiger partial charge is 0.437 e. The third-order valence-electron chi connectivity index (χ3n) is 2.65. The number of thioether (sulfide) groups is 1. The molecule has 0 aliphatic carbocycles. The molecule has 1 amide bonds. The Morgan fingerprint density at radius 1 is 1.33 bits per heavy atom. The van der Waals surface area contributed by atoms with Gasteiger partial charge >= 0.3 is 0 Å². The predicted octanol–water partition coefficient (Wildman–Crippen LogP) is 3.17. The maximum atomic E-state index is 11.9. The van der Waals surface area contributed by atoms with Crippen LogP contribution in [0.5, 0.6) is 0 Å². The summed E-state index contributed by atoms with van der Waals surface area (Å²) in [6.45, 7) is 9.90. The Hall–Kier alpha value is -1.41. The SMILES string of the molecule is Cc1nc(SCC(=O)Nc2nnc(C(C)(C)C)s2)oc1C. The van der Waals surface area contributed by atoms with Crippen LogP contribution in [0.25, 0.3) is 0 Å². The molecule has 21 heavy (non-hydrogen) atoms. The monoisotopic (exact) mass is 326 g/mol. The van der Waals surface area contributed by atoms with Crippen LogP contribution in [-0.4, -0.2) is 26.8 Å². The molecule has 114 valence electrons. The number of carbonyl (C=O) groups is 1. The second-order valence-electron chi connectivity index (χ2n) is 5.62. The van der Waals surface area contributed by atoms with E-state index >= 15 is 0 Å². The summed E-state index contributed by atoms with van der Waals surface area (Å²) in [5.41, 5.74) is 0.777. The third-order valence-corrected chi connectivity index (χ3v) is 4.74. The van der Waals surface area contributed by atoms with Crippen LogP contribution in [0.3, 0.4) is 0 Å². The van der Waals surface area contributed by atoms with Gasteiger partial charge in [-0.05, 0) is 13.8 Å². The van der Waals surface area contributed by atoms with Crippen molar-refractivity contribution in [3.8, 4) is 0 Å². The van der Waals surface area contributed by atoms with Crippen LogP contribution in [0, 0.1) is 13.8 Å². The van der Waals surface area contributed by atoms with Crippen molar-refractivity contribution in [1.29, 1.82) is 0 Å². The van der Waals surface area contributed by atoms with Crippen molar-refractivity contribution in [1.82, 2.24) is 15.2 Å². The van der Waals surface area contributed by atoms with Crippen molar-refractivity contribution in [2.75, 3.05) is 11.1 Å². The molecule has 0 aromatic carbocycles. The topological polar surface area (TPSA) is 80.9 Å². The van der Waals surface area contributed by atoms with Gasteiger partial charge in [0.1, 0.15) is 10.8 Å². The summed E-state index contributed by atoms with van der Waals surface area (Å²) in [6.07, 6.45) is 0. The molecular weight excluding hydrogens is 308 g/mol. The molecule has 0 fully saturated rings.